The molecule has 3 amide bonds. The molecule has 0 aromatic carbocycles. The van der Waals surface area contributed by atoms with Crippen LogP contribution >= 0.6 is 0 Å². The molecular weight excluding hydrogens is 330 g/mol. The number of carbonyl (C=O) groups excluding carboxylic acids is 2. The third-order valence-electron chi connectivity index (χ3n) is 6.64. The topological polar surface area (TPSA) is 88.0 Å². The summed E-state index contributed by atoms with van der Waals surface area (Å²) >= 11 is 0. The Morgan fingerprint density at radius 1 is 1.15 bits per heavy atom. The summed E-state index contributed by atoms with van der Waals surface area (Å²) in [6, 6.07) is 3.06. The molecule has 4 aliphatic carbocycles. The third kappa shape index (κ3) is 3.52. The van der Waals surface area contributed by atoms with Gasteiger partial charge in [0.25, 0.3) is 5.91 Å². The van der Waals surface area contributed by atoms with Gasteiger partial charge < -0.3 is 15.1 Å². The number of urea groups is 1. The van der Waals surface area contributed by atoms with E-state index < -0.39 is 0 Å². The zero-order chi connectivity index (χ0) is 18.3. The maximum absolute atomic E-state index is 12.5. The van der Waals surface area contributed by atoms with Gasteiger partial charge in [-0.15, -0.1) is 0 Å². The van der Waals surface area contributed by atoms with Gasteiger partial charge in [0.15, 0.2) is 11.8 Å². The summed E-state index contributed by atoms with van der Waals surface area (Å²) in [6.45, 7) is 3.80. The van der Waals surface area contributed by atoms with Crippen LogP contribution in [-0.4, -0.2) is 23.5 Å². The molecule has 1 heterocycles. The van der Waals surface area contributed by atoms with E-state index in [4.69, 9.17) is 4.42 Å². The van der Waals surface area contributed by atoms with Crippen LogP contribution in [0.3, 0.4) is 0 Å². The van der Waals surface area contributed by atoms with Gasteiger partial charge >= 0.3 is 6.03 Å². The zero-order valence-corrected chi connectivity index (χ0v) is 15.7. The molecule has 4 fully saturated rings. The molecule has 2 atom stereocenters. The van der Waals surface area contributed by atoms with E-state index in [2.05, 4.69) is 10.6 Å². The number of quaternary nitrogens is 1. The first-order valence-corrected chi connectivity index (χ1v) is 9.94. The molecule has 0 unspecified atom stereocenters. The molecule has 4 aliphatic rings. The van der Waals surface area contributed by atoms with Gasteiger partial charge in [-0.1, -0.05) is 0 Å². The highest BCUT2D eigenvalue weighted by atomic mass is 16.3. The Morgan fingerprint density at radius 2 is 1.77 bits per heavy atom. The van der Waals surface area contributed by atoms with Crippen molar-refractivity contribution in [1.29, 1.82) is 0 Å². The number of nitrogens with two attached hydrogens (primary N) is 1. The monoisotopic (exact) mass is 360 g/mol. The summed E-state index contributed by atoms with van der Waals surface area (Å²) in [5.41, 5.74) is -0.0759. The van der Waals surface area contributed by atoms with Gasteiger partial charge in [-0.2, -0.15) is 0 Å². The lowest BCUT2D eigenvalue weighted by Gasteiger charge is -2.56. The van der Waals surface area contributed by atoms with Crippen molar-refractivity contribution in [1.82, 2.24) is 10.6 Å². The highest BCUT2D eigenvalue weighted by Crippen LogP contribution is 2.55. The fourth-order valence-corrected chi connectivity index (χ4v) is 5.93. The van der Waals surface area contributed by atoms with Crippen LogP contribution in [0.1, 0.15) is 64.2 Å². The van der Waals surface area contributed by atoms with Crippen LogP contribution in [0.4, 0.5) is 4.79 Å². The molecule has 142 valence electrons. The molecular formula is C20H30N3O3+. The predicted octanol–water partition coefficient (Wildman–Crippen LogP) is 2.09. The van der Waals surface area contributed by atoms with E-state index in [0.717, 1.165) is 42.8 Å². The third-order valence-corrected chi connectivity index (χ3v) is 6.64. The van der Waals surface area contributed by atoms with Crippen LogP contribution in [0.5, 0.6) is 0 Å². The number of carbonyl (C=O) groups is 2. The second kappa shape index (κ2) is 6.72. The highest BCUT2D eigenvalue weighted by Gasteiger charge is 2.51. The summed E-state index contributed by atoms with van der Waals surface area (Å²) in [6.07, 6.45) is 8.87. The van der Waals surface area contributed by atoms with Crippen molar-refractivity contribution >= 4 is 11.9 Å². The molecule has 0 radical (unpaired) electrons. The van der Waals surface area contributed by atoms with Crippen molar-refractivity contribution in [3.8, 4) is 0 Å². The standard InChI is InChI=1S/C20H29N3O3/c1-12(17-4-3-5-26-17)21-13(2)18(24)22-19(25)23-20-9-14-6-15(10-20)8-16(7-14)11-20/h3-5,12-16,21H,6-11H2,1-2H3,(H2,22,23,24,25)/p+1/t12-,13+,14?,15?,16?,20?/m0/s1. The summed E-state index contributed by atoms with van der Waals surface area (Å²) in [4.78, 5) is 24.9. The minimum atomic E-state index is -0.364. The Labute approximate surface area is 154 Å². The Kier molecular flexibility index (Phi) is 4.55. The first-order valence-electron chi connectivity index (χ1n) is 9.94. The molecule has 26 heavy (non-hydrogen) atoms. The number of amides is 3. The SMILES string of the molecule is C[C@H]([NH2+][C@H](C)C(=O)NC(=O)NC12CC3CC(CC(C3)C1)C2)c1ccco1. The van der Waals surface area contributed by atoms with E-state index in [-0.39, 0.29) is 29.6 Å². The molecule has 4 bridgehead atoms. The van der Waals surface area contributed by atoms with Crippen molar-refractivity contribution < 1.29 is 19.3 Å². The van der Waals surface area contributed by atoms with E-state index >= 15 is 0 Å². The second-order valence-corrected chi connectivity index (χ2v) is 8.93. The fourth-order valence-electron chi connectivity index (χ4n) is 5.93. The molecule has 1 aromatic rings. The Morgan fingerprint density at radius 3 is 2.31 bits per heavy atom. The maximum Gasteiger partial charge on any atom is 0.322 e. The smallest absolute Gasteiger partial charge is 0.322 e. The van der Waals surface area contributed by atoms with Crippen LogP contribution in [0.25, 0.3) is 0 Å². The van der Waals surface area contributed by atoms with Crippen molar-refractivity contribution in [2.45, 2.75) is 70.0 Å². The first kappa shape index (κ1) is 17.6. The van der Waals surface area contributed by atoms with Crippen LogP contribution in [0.15, 0.2) is 22.8 Å². The Bertz CT molecular complexity index is 635. The highest BCUT2D eigenvalue weighted by molar-refractivity contribution is 5.96. The van der Waals surface area contributed by atoms with E-state index in [0.29, 0.717) is 0 Å². The van der Waals surface area contributed by atoms with Gasteiger partial charge in [0.1, 0.15) is 6.04 Å². The largest absolute Gasteiger partial charge is 0.463 e. The quantitative estimate of drug-likeness (QED) is 0.751. The van der Waals surface area contributed by atoms with Crippen LogP contribution < -0.4 is 16.0 Å². The van der Waals surface area contributed by atoms with Crippen molar-refractivity contribution in [2.24, 2.45) is 17.8 Å². The lowest BCUT2D eigenvalue weighted by atomic mass is 9.53. The van der Waals surface area contributed by atoms with Gasteiger partial charge in [0.05, 0.1) is 6.26 Å². The van der Waals surface area contributed by atoms with Gasteiger partial charge in [-0.25, -0.2) is 4.79 Å². The number of rotatable bonds is 5. The fraction of sp³-hybridized carbons (Fsp3) is 0.700. The number of hydrogen-bond donors (Lipinski definition) is 3. The average Bonchev–Trinajstić information content (AvgIpc) is 3.07. The molecule has 1 aromatic heterocycles. The van der Waals surface area contributed by atoms with E-state index in [1.807, 2.05) is 31.3 Å². The second-order valence-electron chi connectivity index (χ2n) is 8.93. The van der Waals surface area contributed by atoms with Crippen LogP contribution in [-0.2, 0) is 4.79 Å². The van der Waals surface area contributed by atoms with Crippen molar-refractivity contribution in [3.63, 3.8) is 0 Å². The van der Waals surface area contributed by atoms with E-state index in [9.17, 15) is 9.59 Å². The Hall–Kier alpha value is -1.82. The first-order chi connectivity index (χ1) is 12.4. The van der Waals surface area contributed by atoms with Gasteiger partial charge in [-0.3, -0.25) is 10.1 Å². The molecule has 4 saturated carbocycles. The van der Waals surface area contributed by atoms with Crippen LogP contribution in [0.2, 0.25) is 0 Å². The zero-order valence-electron chi connectivity index (χ0n) is 15.7. The van der Waals surface area contributed by atoms with Gasteiger partial charge in [0.2, 0.25) is 0 Å². The summed E-state index contributed by atoms with van der Waals surface area (Å²) in [5, 5.41) is 7.65. The predicted molar refractivity (Wildman–Crippen MR) is 96.1 cm³/mol. The van der Waals surface area contributed by atoms with E-state index in [1.165, 1.54) is 19.3 Å². The minimum absolute atomic E-state index is 0.0250. The van der Waals surface area contributed by atoms with Crippen molar-refractivity contribution in [2.75, 3.05) is 0 Å². The van der Waals surface area contributed by atoms with Crippen LogP contribution in [0, 0.1) is 17.8 Å². The normalized spacial score (nSPS) is 34.3. The Balaban J connectivity index is 1.30. The van der Waals surface area contributed by atoms with Crippen molar-refractivity contribution in [3.05, 3.63) is 24.2 Å². The van der Waals surface area contributed by atoms with Gasteiger partial charge in [0, 0.05) is 5.54 Å². The molecule has 6 heteroatoms. The molecule has 0 saturated heterocycles. The molecule has 0 aliphatic heterocycles. The summed E-state index contributed by atoms with van der Waals surface area (Å²) in [5.74, 6) is 2.85. The number of imide groups is 1. The maximum atomic E-state index is 12.5. The molecule has 6 nitrogen and oxygen atoms in total. The van der Waals surface area contributed by atoms with E-state index in [1.54, 1.807) is 6.26 Å². The lowest BCUT2D eigenvalue weighted by molar-refractivity contribution is -0.711. The number of hydrogen-bond acceptors (Lipinski definition) is 3. The number of nitrogens with one attached hydrogen (secondary N) is 2. The lowest BCUT2D eigenvalue weighted by Crippen LogP contribution is -2.92. The average molecular weight is 360 g/mol. The van der Waals surface area contributed by atoms with Gasteiger partial charge in [-0.05, 0) is 82.3 Å². The molecule has 4 N–H and O–H groups in total. The molecule has 5 rings (SSSR count). The number of furan rings is 1. The summed E-state index contributed by atoms with van der Waals surface area (Å²) < 4.78 is 5.37. The summed E-state index contributed by atoms with van der Waals surface area (Å²) in [7, 11) is 0. The molecule has 0 spiro atoms. The minimum Gasteiger partial charge on any atom is -0.463 e.